The summed E-state index contributed by atoms with van der Waals surface area (Å²) in [5.74, 6) is 2.12. The lowest BCUT2D eigenvalue weighted by Crippen LogP contribution is -2.37. The van der Waals surface area contributed by atoms with E-state index in [9.17, 15) is 5.11 Å². The molecule has 0 atom stereocenters. The van der Waals surface area contributed by atoms with Crippen LogP contribution in [0.25, 0.3) is 0 Å². The van der Waals surface area contributed by atoms with E-state index >= 15 is 0 Å². The topological polar surface area (TPSA) is 35.8 Å². The average Bonchev–Trinajstić information content (AvgIpc) is 2.89. The number of hydrogen-bond donors (Lipinski definition) is 1. The highest BCUT2D eigenvalue weighted by Crippen LogP contribution is 2.38. The Morgan fingerprint density at radius 3 is 2.77 bits per heavy atom. The Bertz CT molecular complexity index is 551. The van der Waals surface area contributed by atoms with Crippen LogP contribution in [0.1, 0.15) is 32.1 Å². The van der Waals surface area contributed by atoms with Crippen molar-refractivity contribution in [3.8, 4) is 0 Å². The fourth-order valence-corrected chi connectivity index (χ4v) is 4.47. The SMILES string of the molecule is CN(C)CCCC1=CC2=CC=C(C3(O)CCSCC3)CC2=N1. The molecule has 0 aromatic heterocycles. The molecule has 3 aliphatic rings. The van der Waals surface area contributed by atoms with Crippen LogP contribution in [0.2, 0.25) is 0 Å². The summed E-state index contributed by atoms with van der Waals surface area (Å²) in [5.41, 5.74) is 4.17. The summed E-state index contributed by atoms with van der Waals surface area (Å²) in [7, 11) is 4.22. The quantitative estimate of drug-likeness (QED) is 0.846. The summed E-state index contributed by atoms with van der Waals surface area (Å²) >= 11 is 1.95. The van der Waals surface area contributed by atoms with Gasteiger partial charge in [-0.1, -0.05) is 12.2 Å². The zero-order chi connectivity index (χ0) is 15.6. The molecule has 0 aromatic rings. The van der Waals surface area contributed by atoms with Crippen molar-refractivity contribution in [3.05, 3.63) is 35.1 Å². The number of nitrogens with zero attached hydrogens (tertiary/aromatic N) is 2. The van der Waals surface area contributed by atoms with Gasteiger partial charge in [0.05, 0.1) is 11.3 Å². The molecule has 2 aliphatic heterocycles. The van der Waals surface area contributed by atoms with Gasteiger partial charge in [-0.15, -0.1) is 0 Å². The average molecular weight is 318 g/mol. The molecular weight excluding hydrogens is 292 g/mol. The van der Waals surface area contributed by atoms with Crippen LogP contribution in [-0.2, 0) is 0 Å². The smallest absolute Gasteiger partial charge is 0.0879 e. The lowest BCUT2D eigenvalue weighted by molar-refractivity contribution is 0.0683. The van der Waals surface area contributed by atoms with Crippen molar-refractivity contribution in [1.29, 1.82) is 0 Å². The number of aliphatic imine (C=N–C) groups is 1. The molecule has 2 heterocycles. The Labute approximate surface area is 137 Å². The van der Waals surface area contributed by atoms with Crippen LogP contribution < -0.4 is 0 Å². The molecule has 3 nitrogen and oxygen atoms in total. The summed E-state index contributed by atoms with van der Waals surface area (Å²) in [6.45, 7) is 1.10. The van der Waals surface area contributed by atoms with E-state index in [2.05, 4.69) is 37.2 Å². The number of allylic oxidation sites excluding steroid dienone is 5. The molecule has 0 bridgehead atoms. The van der Waals surface area contributed by atoms with Gasteiger partial charge >= 0.3 is 0 Å². The van der Waals surface area contributed by atoms with E-state index in [0.29, 0.717) is 0 Å². The maximum atomic E-state index is 10.9. The van der Waals surface area contributed by atoms with Gasteiger partial charge in [0.2, 0.25) is 0 Å². The minimum absolute atomic E-state index is 0.594. The van der Waals surface area contributed by atoms with E-state index in [-0.39, 0.29) is 0 Å². The van der Waals surface area contributed by atoms with E-state index in [1.165, 1.54) is 16.8 Å². The lowest BCUT2D eigenvalue weighted by Gasteiger charge is -2.35. The molecule has 0 aromatic carbocycles. The van der Waals surface area contributed by atoms with Gasteiger partial charge in [0.1, 0.15) is 0 Å². The van der Waals surface area contributed by atoms with E-state index in [1.54, 1.807) is 0 Å². The monoisotopic (exact) mass is 318 g/mol. The van der Waals surface area contributed by atoms with Gasteiger partial charge in [0.25, 0.3) is 0 Å². The van der Waals surface area contributed by atoms with E-state index in [4.69, 9.17) is 4.99 Å². The van der Waals surface area contributed by atoms with Gasteiger partial charge in [-0.3, -0.25) is 4.99 Å². The van der Waals surface area contributed by atoms with Gasteiger partial charge < -0.3 is 10.0 Å². The first kappa shape index (κ1) is 16.0. The second-order valence-electron chi connectivity index (χ2n) is 6.74. The van der Waals surface area contributed by atoms with Crippen LogP contribution in [0.5, 0.6) is 0 Å². The van der Waals surface area contributed by atoms with Crippen LogP contribution in [-0.4, -0.2) is 53.5 Å². The summed E-state index contributed by atoms with van der Waals surface area (Å²) < 4.78 is 0. The molecule has 0 amide bonds. The van der Waals surface area contributed by atoms with E-state index in [0.717, 1.165) is 55.9 Å². The summed E-state index contributed by atoms with van der Waals surface area (Å²) in [4.78, 5) is 7.03. The summed E-state index contributed by atoms with van der Waals surface area (Å²) in [6.07, 6.45) is 11.3. The molecule has 0 unspecified atom stereocenters. The van der Waals surface area contributed by atoms with Crippen LogP contribution in [0.15, 0.2) is 40.1 Å². The first-order valence-corrected chi connectivity index (χ1v) is 9.37. The second-order valence-corrected chi connectivity index (χ2v) is 7.96. The van der Waals surface area contributed by atoms with E-state index < -0.39 is 5.60 Å². The third kappa shape index (κ3) is 3.55. The van der Waals surface area contributed by atoms with Crippen molar-refractivity contribution in [3.63, 3.8) is 0 Å². The van der Waals surface area contributed by atoms with Crippen LogP contribution in [0.3, 0.4) is 0 Å². The Kier molecular flexibility index (Phi) is 4.91. The number of aliphatic hydroxyl groups is 1. The van der Waals surface area contributed by atoms with Crippen molar-refractivity contribution >= 4 is 17.5 Å². The van der Waals surface area contributed by atoms with Gasteiger partial charge in [-0.25, -0.2) is 0 Å². The fourth-order valence-electron chi connectivity index (χ4n) is 3.30. The molecule has 0 radical (unpaired) electrons. The van der Waals surface area contributed by atoms with Gasteiger partial charge in [0, 0.05) is 12.1 Å². The Hall–Kier alpha value is -0.840. The largest absolute Gasteiger partial charge is 0.385 e. The molecule has 1 N–H and O–H groups in total. The maximum Gasteiger partial charge on any atom is 0.0879 e. The highest BCUT2D eigenvalue weighted by molar-refractivity contribution is 7.99. The molecule has 4 heteroatoms. The van der Waals surface area contributed by atoms with Crippen molar-refractivity contribution in [2.24, 2.45) is 4.99 Å². The Morgan fingerprint density at radius 2 is 2.05 bits per heavy atom. The number of thioether (sulfide) groups is 1. The van der Waals surface area contributed by atoms with Crippen LogP contribution in [0, 0.1) is 0 Å². The van der Waals surface area contributed by atoms with Crippen molar-refractivity contribution in [2.45, 2.75) is 37.7 Å². The third-order valence-electron chi connectivity index (χ3n) is 4.71. The minimum Gasteiger partial charge on any atom is -0.385 e. The lowest BCUT2D eigenvalue weighted by atomic mass is 9.81. The van der Waals surface area contributed by atoms with Crippen molar-refractivity contribution in [2.75, 3.05) is 32.1 Å². The highest BCUT2D eigenvalue weighted by atomic mass is 32.2. The van der Waals surface area contributed by atoms with Gasteiger partial charge in [-0.2, -0.15) is 11.8 Å². The van der Waals surface area contributed by atoms with Gasteiger partial charge in [0.15, 0.2) is 0 Å². The van der Waals surface area contributed by atoms with Crippen molar-refractivity contribution < 1.29 is 5.11 Å². The third-order valence-corrected chi connectivity index (χ3v) is 5.70. The first-order valence-electron chi connectivity index (χ1n) is 8.21. The number of fused-ring (bicyclic) bond motifs is 1. The van der Waals surface area contributed by atoms with Crippen LogP contribution >= 0.6 is 11.8 Å². The molecular formula is C18H26N2OS. The summed E-state index contributed by atoms with van der Waals surface area (Å²) in [6, 6.07) is 0. The Balaban J connectivity index is 1.64. The predicted octanol–water partition coefficient (Wildman–Crippen LogP) is 3.18. The normalized spacial score (nSPS) is 23.6. The van der Waals surface area contributed by atoms with Gasteiger partial charge in [-0.05, 0) is 75.1 Å². The molecule has 3 rings (SSSR count). The maximum absolute atomic E-state index is 10.9. The Morgan fingerprint density at radius 1 is 1.27 bits per heavy atom. The second kappa shape index (κ2) is 6.73. The molecule has 1 saturated heterocycles. The number of rotatable bonds is 5. The van der Waals surface area contributed by atoms with Crippen molar-refractivity contribution in [1.82, 2.24) is 4.90 Å². The zero-order valence-corrected chi connectivity index (χ0v) is 14.5. The molecule has 0 saturated carbocycles. The minimum atomic E-state index is -0.594. The van der Waals surface area contributed by atoms with Crippen LogP contribution in [0.4, 0.5) is 0 Å². The summed E-state index contributed by atoms with van der Waals surface area (Å²) in [5, 5.41) is 10.9. The highest BCUT2D eigenvalue weighted by Gasteiger charge is 2.35. The zero-order valence-electron chi connectivity index (χ0n) is 13.6. The fraction of sp³-hybridized carbons (Fsp3) is 0.611. The predicted molar refractivity (Wildman–Crippen MR) is 95.6 cm³/mol. The first-order chi connectivity index (χ1) is 10.6. The number of hydrogen-bond acceptors (Lipinski definition) is 4. The molecule has 1 fully saturated rings. The molecule has 120 valence electrons. The molecule has 1 aliphatic carbocycles. The standard InChI is InChI=1S/C18H26N2OS/c1-20(2)9-3-4-16-12-14-5-6-15(13-17(14)19-16)18(21)7-10-22-11-8-18/h5-6,12,21H,3-4,7-11,13H2,1-2H3. The molecule has 0 spiro atoms. The van der Waals surface area contributed by atoms with E-state index in [1.807, 2.05) is 11.8 Å². The molecule has 22 heavy (non-hydrogen) atoms.